The molecule has 1 aliphatic rings. The van der Waals surface area contributed by atoms with Crippen LogP contribution in [0.3, 0.4) is 0 Å². The summed E-state index contributed by atoms with van der Waals surface area (Å²) in [6.45, 7) is 7.28. The Balaban J connectivity index is 0.00000364. The first-order chi connectivity index (χ1) is 12.7. The third kappa shape index (κ3) is 9.60. The first-order valence-corrected chi connectivity index (χ1v) is 9.79. The molecule has 0 spiro atoms. The van der Waals surface area contributed by atoms with Crippen LogP contribution in [-0.4, -0.2) is 56.7 Å². The Morgan fingerprint density at radius 1 is 1.22 bits per heavy atom. The predicted octanol–water partition coefficient (Wildman–Crippen LogP) is 3.64. The molecule has 0 radical (unpaired) electrons. The molecule has 1 heterocycles. The van der Waals surface area contributed by atoms with Crippen LogP contribution in [-0.2, 0) is 0 Å². The first-order valence-electron chi connectivity index (χ1n) is 9.79. The fraction of sp³-hybridized carbons (Fsp3) is 0.650. The molecular weight excluding hydrogens is 458 g/mol. The maximum Gasteiger partial charge on any atom is 0.191 e. The van der Waals surface area contributed by atoms with Crippen molar-refractivity contribution >= 4 is 29.9 Å². The minimum absolute atomic E-state index is 0. The minimum Gasteiger partial charge on any atom is -0.494 e. The number of hydrogen-bond acceptors (Lipinski definition) is 3. The van der Waals surface area contributed by atoms with Gasteiger partial charge in [-0.05, 0) is 62.9 Å². The Morgan fingerprint density at radius 3 is 2.56 bits per heavy atom. The fourth-order valence-electron chi connectivity index (χ4n) is 3.16. The van der Waals surface area contributed by atoms with Crippen molar-refractivity contribution in [3.8, 4) is 5.75 Å². The number of nitrogens with one attached hydrogen (secondary N) is 2. The van der Waals surface area contributed by atoms with Gasteiger partial charge in [-0.3, -0.25) is 4.99 Å². The molecule has 1 fully saturated rings. The standard InChI is InChI=1S/C20H33FN4O.HI/c1-3-13-25-14-10-18(11-15-25)24-20(22-2)23-12-4-5-16-26-19-8-6-17(21)7-9-19;/h6-9,18H,3-5,10-16H2,1-2H3,(H2,22,23,24);1H. The van der Waals surface area contributed by atoms with E-state index in [1.165, 1.54) is 51.0 Å². The maximum atomic E-state index is 12.8. The number of unbranched alkanes of at least 4 members (excludes halogenated alkanes) is 1. The van der Waals surface area contributed by atoms with Crippen molar-refractivity contribution in [2.45, 2.75) is 45.1 Å². The lowest BCUT2D eigenvalue weighted by Crippen LogP contribution is -2.48. The second kappa shape index (κ2) is 14.0. The summed E-state index contributed by atoms with van der Waals surface area (Å²) in [5.74, 6) is 1.36. The number of benzene rings is 1. The molecule has 1 saturated heterocycles. The molecule has 0 amide bonds. The van der Waals surface area contributed by atoms with Gasteiger partial charge in [-0.15, -0.1) is 24.0 Å². The van der Waals surface area contributed by atoms with E-state index in [9.17, 15) is 4.39 Å². The van der Waals surface area contributed by atoms with Crippen molar-refractivity contribution < 1.29 is 9.13 Å². The molecule has 1 aromatic rings. The van der Waals surface area contributed by atoms with E-state index in [1.807, 2.05) is 7.05 Å². The number of aliphatic imine (C=N–C) groups is 1. The zero-order valence-electron chi connectivity index (χ0n) is 16.5. The number of ether oxygens (including phenoxy) is 1. The third-order valence-corrected chi connectivity index (χ3v) is 4.64. The number of likely N-dealkylation sites (tertiary alicyclic amines) is 1. The van der Waals surface area contributed by atoms with Crippen molar-refractivity contribution in [2.24, 2.45) is 4.99 Å². The highest BCUT2D eigenvalue weighted by molar-refractivity contribution is 14.0. The minimum atomic E-state index is -0.239. The highest BCUT2D eigenvalue weighted by atomic mass is 127. The van der Waals surface area contributed by atoms with E-state index < -0.39 is 0 Å². The van der Waals surface area contributed by atoms with Gasteiger partial charge in [0.15, 0.2) is 5.96 Å². The lowest BCUT2D eigenvalue weighted by atomic mass is 10.1. The summed E-state index contributed by atoms with van der Waals surface area (Å²) in [6.07, 6.45) is 5.51. The molecule has 0 saturated carbocycles. The Labute approximate surface area is 180 Å². The SMILES string of the molecule is CCCN1CCC(NC(=NC)NCCCCOc2ccc(F)cc2)CC1.I. The van der Waals surface area contributed by atoms with Gasteiger partial charge in [0.05, 0.1) is 6.61 Å². The molecule has 154 valence electrons. The van der Waals surface area contributed by atoms with Crippen LogP contribution in [0.1, 0.15) is 39.0 Å². The summed E-state index contributed by atoms with van der Waals surface area (Å²) in [6, 6.07) is 6.66. The largest absolute Gasteiger partial charge is 0.494 e. The molecule has 5 nitrogen and oxygen atoms in total. The molecule has 0 aromatic heterocycles. The van der Waals surface area contributed by atoms with Crippen LogP contribution < -0.4 is 15.4 Å². The highest BCUT2D eigenvalue weighted by Crippen LogP contribution is 2.12. The van der Waals surface area contributed by atoms with Crippen molar-refractivity contribution in [1.29, 1.82) is 0 Å². The fourth-order valence-corrected chi connectivity index (χ4v) is 3.16. The van der Waals surface area contributed by atoms with E-state index in [2.05, 4.69) is 27.4 Å². The average Bonchev–Trinajstić information content (AvgIpc) is 2.66. The number of piperidine rings is 1. The van der Waals surface area contributed by atoms with Crippen molar-refractivity contribution in [3.63, 3.8) is 0 Å². The number of guanidine groups is 1. The summed E-state index contributed by atoms with van der Waals surface area (Å²) < 4.78 is 18.4. The zero-order chi connectivity index (χ0) is 18.6. The van der Waals surface area contributed by atoms with Gasteiger partial charge in [-0.1, -0.05) is 6.92 Å². The Kier molecular flexibility index (Phi) is 12.4. The third-order valence-electron chi connectivity index (χ3n) is 4.64. The van der Waals surface area contributed by atoms with Crippen LogP contribution in [0.4, 0.5) is 4.39 Å². The molecule has 1 aliphatic heterocycles. The van der Waals surface area contributed by atoms with E-state index in [0.29, 0.717) is 18.4 Å². The molecule has 0 bridgehead atoms. The number of nitrogens with zero attached hydrogens (tertiary/aromatic N) is 2. The van der Waals surface area contributed by atoms with Gasteiger partial charge in [0.1, 0.15) is 11.6 Å². The van der Waals surface area contributed by atoms with E-state index in [-0.39, 0.29) is 29.8 Å². The maximum absolute atomic E-state index is 12.8. The van der Waals surface area contributed by atoms with Crippen molar-refractivity contribution in [3.05, 3.63) is 30.1 Å². The van der Waals surface area contributed by atoms with E-state index in [0.717, 1.165) is 25.3 Å². The summed E-state index contributed by atoms with van der Waals surface area (Å²) in [7, 11) is 1.82. The van der Waals surface area contributed by atoms with Gasteiger partial charge in [-0.2, -0.15) is 0 Å². The molecular formula is C20H34FIN4O. The molecule has 0 atom stereocenters. The van der Waals surface area contributed by atoms with Gasteiger partial charge in [-0.25, -0.2) is 4.39 Å². The van der Waals surface area contributed by atoms with Crippen LogP contribution >= 0.6 is 24.0 Å². The van der Waals surface area contributed by atoms with Gasteiger partial charge in [0.2, 0.25) is 0 Å². The number of halogens is 2. The smallest absolute Gasteiger partial charge is 0.191 e. The summed E-state index contributed by atoms with van der Waals surface area (Å²) >= 11 is 0. The van der Waals surface area contributed by atoms with Crippen LogP contribution in [0.2, 0.25) is 0 Å². The lowest BCUT2D eigenvalue weighted by molar-refractivity contribution is 0.206. The second-order valence-electron chi connectivity index (χ2n) is 6.77. The van der Waals surface area contributed by atoms with Gasteiger partial charge in [0.25, 0.3) is 0 Å². The Hall–Kier alpha value is -1.09. The Morgan fingerprint density at radius 2 is 1.93 bits per heavy atom. The topological polar surface area (TPSA) is 48.9 Å². The second-order valence-corrected chi connectivity index (χ2v) is 6.77. The zero-order valence-corrected chi connectivity index (χ0v) is 18.9. The molecule has 7 heteroatoms. The van der Waals surface area contributed by atoms with Crippen LogP contribution in [0.15, 0.2) is 29.3 Å². The van der Waals surface area contributed by atoms with Crippen molar-refractivity contribution in [1.82, 2.24) is 15.5 Å². The van der Waals surface area contributed by atoms with E-state index in [1.54, 1.807) is 12.1 Å². The van der Waals surface area contributed by atoms with Crippen molar-refractivity contribution in [2.75, 3.05) is 39.8 Å². The van der Waals surface area contributed by atoms with E-state index in [4.69, 9.17) is 4.74 Å². The molecule has 27 heavy (non-hydrogen) atoms. The monoisotopic (exact) mass is 492 g/mol. The molecule has 2 rings (SSSR count). The van der Waals surface area contributed by atoms with Crippen LogP contribution in [0.5, 0.6) is 5.75 Å². The number of rotatable bonds is 9. The molecule has 0 aliphatic carbocycles. The van der Waals surface area contributed by atoms with Gasteiger partial charge >= 0.3 is 0 Å². The Bertz CT molecular complexity index is 533. The predicted molar refractivity (Wildman–Crippen MR) is 121 cm³/mol. The molecule has 0 unspecified atom stereocenters. The summed E-state index contributed by atoms with van der Waals surface area (Å²) in [5.41, 5.74) is 0. The van der Waals surface area contributed by atoms with Crippen LogP contribution in [0, 0.1) is 5.82 Å². The summed E-state index contributed by atoms with van der Waals surface area (Å²) in [5, 5.41) is 6.92. The quantitative estimate of drug-likeness (QED) is 0.239. The molecule has 2 N–H and O–H groups in total. The molecule has 1 aromatic carbocycles. The van der Waals surface area contributed by atoms with E-state index >= 15 is 0 Å². The van der Waals surface area contributed by atoms with Gasteiger partial charge in [0, 0.05) is 32.7 Å². The number of hydrogen-bond donors (Lipinski definition) is 2. The summed E-state index contributed by atoms with van der Waals surface area (Å²) in [4.78, 5) is 6.86. The van der Waals surface area contributed by atoms with Crippen LogP contribution in [0.25, 0.3) is 0 Å². The highest BCUT2D eigenvalue weighted by Gasteiger charge is 2.19. The van der Waals surface area contributed by atoms with Gasteiger partial charge < -0.3 is 20.3 Å². The normalized spacial score (nSPS) is 15.9. The average molecular weight is 492 g/mol. The first kappa shape index (κ1) is 23.9. The lowest BCUT2D eigenvalue weighted by Gasteiger charge is -2.32.